The summed E-state index contributed by atoms with van der Waals surface area (Å²) in [5.74, 6) is 0. The molecule has 0 rings (SSSR count). The van der Waals surface area contributed by atoms with Crippen LogP contribution in [0.1, 0.15) is 59.3 Å². The van der Waals surface area contributed by atoms with Crippen molar-refractivity contribution in [3.63, 3.8) is 0 Å². The summed E-state index contributed by atoms with van der Waals surface area (Å²) in [6.07, 6.45) is 7.77. The van der Waals surface area contributed by atoms with E-state index < -0.39 is 0 Å². The lowest BCUT2D eigenvalue weighted by Crippen LogP contribution is -2.22. The fourth-order valence-corrected chi connectivity index (χ4v) is 1.57. The lowest BCUT2D eigenvalue weighted by atomic mass is 10.1. The number of hydrogen-bond acceptors (Lipinski definition) is 3. The van der Waals surface area contributed by atoms with Crippen LogP contribution < -0.4 is 0 Å². The number of rotatable bonds is 12. The van der Waals surface area contributed by atoms with E-state index in [4.69, 9.17) is 14.6 Å². The van der Waals surface area contributed by atoms with Crippen molar-refractivity contribution >= 4 is 0 Å². The van der Waals surface area contributed by atoms with Crippen molar-refractivity contribution in [3.8, 4) is 0 Å². The highest BCUT2D eigenvalue weighted by Gasteiger charge is 2.05. The lowest BCUT2D eigenvalue weighted by Gasteiger charge is -2.16. The van der Waals surface area contributed by atoms with Crippen LogP contribution in [0.3, 0.4) is 0 Å². The van der Waals surface area contributed by atoms with E-state index in [0.717, 1.165) is 13.0 Å². The summed E-state index contributed by atoms with van der Waals surface area (Å²) in [5, 5.41) is 8.80. The highest BCUT2D eigenvalue weighted by molar-refractivity contribution is 4.52. The number of ether oxygens (including phenoxy) is 2. The van der Waals surface area contributed by atoms with Crippen molar-refractivity contribution in [2.24, 2.45) is 0 Å². The smallest absolute Gasteiger partial charge is 0.0780 e. The molecule has 17 heavy (non-hydrogen) atoms. The largest absolute Gasteiger partial charge is 0.394 e. The minimum atomic E-state index is -0.0879. The Morgan fingerprint density at radius 2 is 1.53 bits per heavy atom. The first-order chi connectivity index (χ1) is 8.20. The first-order valence-electron chi connectivity index (χ1n) is 7.04. The molecule has 2 atom stereocenters. The Kier molecular flexibility index (Phi) is 12.3. The Bertz CT molecular complexity index is 150. The van der Waals surface area contributed by atoms with E-state index in [9.17, 15) is 0 Å². The molecule has 0 amide bonds. The van der Waals surface area contributed by atoms with Gasteiger partial charge in [-0.2, -0.15) is 0 Å². The Morgan fingerprint density at radius 3 is 2.18 bits per heavy atom. The molecule has 0 radical (unpaired) electrons. The number of aliphatic hydroxyl groups excluding tert-OH is 1. The molecule has 0 fully saturated rings. The second-order valence-corrected chi connectivity index (χ2v) is 4.78. The van der Waals surface area contributed by atoms with Gasteiger partial charge in [0, 0.05) is 6.61 Å². The van der Waals surface area contributed by atoms with Gasteiger partial charge in [0.15, 0.2) is 0 Å². The first kappa shape index (κ1) is 16.9. The Labute approximate surface area is 107 Å². The summed E-state index contributed by atoms with van der Waals surface area (Å²) >= 11 is 0. The van der Waals surface area contributed by atoms with E-state index in [-0.39, 0.29) is 18.8 Å². The van der Waals surface area contributed by atoms with Gasteiger partial charge in [-0.15, -0.1) is 0 Å². The zero-order valence-corrected chi connectivity index (χ0v) is 11.8. The predicted octanol–water partition coefficient (Wildman–Crippen LogP) is 3.15. The average molecular weight is 246 g/mol. The average Bonchev–Trinajstić information content (AvgIpc) is 2.34. The fraction of sp³-hybridized carbons (Fsp3) is 1.00. The van der Waals surface area contributed by atoms with Gasteiger partial charge in [0.05, 0.1) is 25.4 Å². The molecule has 3 nitrogen and oxygen atoms in total. The lowest BCUT2D eigenvalue weighted by molar-refractivity contribution is -0.0459. The van der Waals surface area contributed by atoms with Crippen LogP contribution in [0.2, 0.25) is 0 Å². The Hall–Kier alpha value is -0.120. The SMILES string of the molecule is CCCCCCCCOC(C)COC(C)CO. The topological polar surface area (TPSA) is 38.7 Å². The quantitative estimate of drug-likeness (QED) is 0.538. The van der Waals surface area contributed by atoms with E-state index in [1.807, 2.05) is 13.8 Å². The van der Waals surface area contributed by atoms with Gasteiger partial charge in [0.2, 0.25) is 0 Å². The van der Waals surface area contributed by atoms with E-state index in [1.165, 1.54) is 32.1 Å². The molecular weight excluding hydrogens is 216 g/mol. The molecule has 2 unspecified atom stereocenters. The van der Waals surface area contributed by atoms with Crippen molar-refractivity contribution in [3.05, 3.63) is 0 Å². The zero-order chi connectivity index (χ0) is 12.9. The van der Waals surface area contributed by atoms with Gasteiger partial charge in [-0.3, -0.25) is 0 Å². The van der Waals surface area contributed by atoms with Crippen molar-refractivity contribution in [2.45, 2.75) is 71.5 Å². The molecule has 0 saturated heterocycles. The summed E-state index contributed by atoms with van der Waals surface area (Å²) in [4.78, 5) is 0. The van der Waals surface area contributed by atoms with Crippen LogP contribution in [-0.4, -0.2) is 37.1 Å². The van der Waals surface area contributed by atoms with Crippen molar-refractivity contribution in [1.29, 1.82) is 0 Å². The minimum Gasteiger partial charge on any atom is -0.394 e. The summed E-state index contributed by atoms with van der Waals surface area (Å²) in [5.41, 5.74) is 0. The van der Waals surface area contributed by atoms with E-state index in [1.54, 1.807) is 0 Å². The maximum absolute atomic E-state index is 8.80. The fourth-order valence-electron chi connectivity index (χ4n) is 1.57. The normalized spacial score (nSPS) is 14.8. The van der Waals surface area contributed by atoms with Crippen LogP contribution >= 0.6 is 0 Å². The summed E-state index contributed by atoms with van der Waals surface area (Å²) in [6.45, 7) is 7.58. The molecule has 0 aliphatic rings. The van der Waals surface area contributed by atoms with Gasteiger partial charge in [0.1, 0.15) is 0 Å². The third-order valence-electron chi connectivity index (χ3n) is 2.77. The first-order valence-corrected chi connectivity index (χ1v) is 7.04. The second-order valence-electron chi connectivity index (χ2n) is 4.78. The van der Waals surface area contributed by atoms with Gasteiger partial charge in [-0.05, 0) is 20.3 Å². The third-order valence-corrected chi connectivity index (χ3v) is 2.77. The van der Waals surface area contributed by atoms with E-state index in [2.05, 4.69) is 6.92 Å². The van der Waals surface area contributed by atoms with Crippen LogP contribution in [0.5, 0.6) is 0 Å². The third kappa shape index (κ3) is 12.1. The van der Waals surface area contributed by atoms with Gasteiger partial charge < -0.3 is 14.6 Å². The molecule has 0 saturated carbocycles. The van der Waals surface area contributed by atoms with Gasteiger partial charge in [-0.1, -0.05) is 39.0 Å². The van der Waals surface area contributed by atoms with Gasteiger partial charge >= 0.3 is 0 Å². The molecule has 1 N–H and O–H groups in total. The minimum absolute atomic E-state index is 0.0736. The van der Waals surface area contributed by atoms with E-state index in [0.29, 0.717) is 6.61 Å². The maximum atomic E-state index is 8.80. The number of hydrogen-bond donors (Lipinski definition) is 1. The summed E-state index contributed by atoms with van der Waals surface area (Å²) in [7, 11) is 0. The maximum Gasteiger partial charge on any atom is 0.0780 e. The summed E-state index contributed by atoms with van der Waals surface area (Å²) in [6, 6.07) is 0. The molecule has 104 valence electrons. The molecular formula is C14H30O3. The van der Waals surface area contributed by atoms with Crippen LogP contribution in [0.4, 0.5) is 0 Å². The van der Waals surface area contributed by atoms with Crippen LogP contribution in [-0.2, 0) is 9.47 Å². The Balaban J connectivity index is 3.19. The van der Waals surface area contributed by atoms with Crippen molar-refractivity contribution in [2.75, 3.05) is 19.8 Å². The number of aliphatic hydroxyl groups is 1. The standard InChI is InChI=1S/C14H30O3/c1-4-5-6-7-8-9-10-16-14(3)12-17-13(2)11-15/h13-15H,4-12H2,1-3H3. The van der Waals surface area contributed by atoms with Crippen molar-refractivity contribution < 1.29 is 14.6 Å². The molecule has 0 aliphatic heterocycles. The molecule has 0 bridgehead atoms. The molecule has 3 heteroatoms. The van der Waals surface area contributed by atoms with Gasteiger partial charge in [0.25, 0.3) is 0 Å². The molecule has 0 spiro atoms. The second kappa shape index (κ2) is 12.3. The van der Waals surface area contributed by atoms with Crippen LogP contribution in [0.15, 0.2) is 0 Å². The highest BCUT2D eigenvalue weighted by Crippen LogP contribution is 2.06. The monoisotopic (exact) mass is 246 g/mol. The van der Waals surface area contributed by atoms with Crippen LogP contribution in [0.25, 0.3) is 0 Å². The molecule has 0 aromatic heterocycles. The van der Waals surface area contributed by atoms with E-state index >= 15 is 0 Å². The van der Waals surface area contributed by atoms with Gasteiger partial charge in [-0.25, -0.2) is 0 Å². The molecule has 0 aromatic rings. The molecule has 0 aromatic carbocycles. The Morgan fingerprint density at radius 1 is 0.882 bits per heavy atom. The van der Waals surface area contributed by atoms with Crippen molar-refractivity contribution in [1.82, 2.24) is 0 Å². The predicted molar refractivity (Wildman–Crippen MR) is 71.3 cm³/mol. The number of unbranched alkanes of at least 4 members (excludes halogenated alkanes) is 5. The summed E-state index contributed by atoms with van der Waals surface area (Å²) < 4.78 is 11.0. The molecule has 0 aliphatic carbocycles. The highest BCUT2D eigenvalue weighted by atomic mass is 16.5. The van der Waals surface area contributed by atoms with Crippen LogP contribution in [0, 0.1) is 0 Å². The molecule has 0 heterocycles. The zero-order valence-electron chi connectivity index (χ0n) is 11.8.